The van der Waals surface area contributed by atoms with E-state index in [1.165, 1.54) is 6.20 Å². The van der Waals surface area contributed by atoms with E-state index in [4.69, 9.17) is 0 Å². The molecule has 1 fully saturated rings. The number of rotatable bonds is 1. The van der Waals surface area contributed by atoms with E-state index in [0.29, 0.717) is 4.88 Å². The molecule has 1 saturated heterocycles. The third kappa shape index (κ3) is 1.76. The van der Waals surface area contributed by atoms with E-state index in [1.54, 1.807) is 0 Å². The Morgan fingerprint density at radius 3 is 3.29 bits per heavy atom. The highest BCUT2D eigenvalue weighted by Gasteiger charge is 2.24. The van der Waals surface area contributed by atoms with Crippen LogP contribution in [0.25, 0.3) is 0 Å². The summed E-state index contributed by atoms with van der Waals surface area (Å²) in [6.45, 7) is 4.52. The van der Waals surface area contributed by atoms with Gasteiger partial charge in [0.25, 0.3) is 5.91 Å². The van der Waals surface area contributed by atoms with Gasteiger partial charge in [-0.2, -0.15) is 0 Å². The van der Waals surface area contributed by atoms with Crippen molar-refractivity contribution in [3.63, 3.8) is 0 Å². The van der Waals surface area contributed by atoms with E-state index >= 15 is 0 Å². The van der Waals surface area contributed by atoms with Gasteiger partial charge >= 0.3 is 0 Å². The van der Waals surface area contributed by atoms with Crippen molar-refractivity contribution in [1.29, 1.82) is 0 Å². The second-order valence-electron chi connectivity index (χ2n) is 3.33. The van der Waals surface area contributed by atoms with Crippen molar-refractivity contribution in [2.24, 2.45) is 0 Å². The number of nitrogens with one attached hydrogen (secondary N) is 1. The Morgan fingerprint density at radius 2 is 2.64 bits per heavy atom. The van der Waals surface area contributed by atoms with Gasteiger partial charge in [0.15, 0.2) is 0 Å². The second kappa shape index (κ2) is 4.02. The van der Waals surface area contributed by atoms with Gasteiger partial charge in [0.2, 0.25) is 0 Å². The first-order chi connectivity index (χ1) is 6.79. The summed E-state index contributed by atoms with van der Waals surface area (Å²) in [7, 11) is 0. The molecule has 1 aromatic rings. The van der Waals surface area contributed by atoms with Crippen molar-refractivity contribution in [1.82, 2.24) is 19.8 Å². The summed E-state index contributed by atoms with van der Waals surface area (Å²) in [4.78, 5) is 14.4. The number of amides is 1. The molecule has 76 valence electrons. The summed E-state index contributed by atoms with van der Waals surface area (Å²) in [6.07, 6.45) is 1.53. The summed E-state index contributed by atoms with van der Waals surface area (Å²) in [5.41, 5.74) is 0. The van der Waals surface area contributed by atoms with Crippen LogP contribution in [0.2, 0.25) is 0 Å². The monoisotopic (exact) mass is 212 g/mol. The average Bonchev–Trinajstić information content (AvgIpc) is 2.70. The molecule has 1 aromatic heterocycles. The molecule has 2 heterocycles. The highest BCUT2D eigenvalue weighted by Crippen LogP contribution is 2.11. The molecule has 6 heteroatoms. The molecule has 1 amide bonds. The van der Waals surface area contributed by atoms with Gasteiger partial charge in [0.1, 0.15) is 4.88 Å². The van der Waals surface area contributed by atoms with Crippen molar-refractivity contribution in [3.8, 4) is 0 Å². The van der Waals surface area contributed by atoms with Gasteiger partial charge in [-0.05, 0) is 18.5 Å². The smallest absolute Gasteiger partial charge is 0.267 e. The Labute approximate surface area is 86.3 Å². The van der Waals surface area contributed by atoms with Gasteiger partial charge in [-0.3, -0.25) is 4.79 Å². The lowest BCUT2D eigenvalue weighted by Crippen LogP contribution is -2.52. The highest BCUT2D eigenvalue weighted by atomic mass is 32.1. The quantitative estimate of drug-likeness (QED) is 0.710. The Morgan fingerprint density at radius 1 is 1.79 bits per heavy atom. The molecule has 2 rings (SSSR count). The van der Waals surface area contributed by atoms with E-state index in [9.17, 15) is 4.79 Å². The minimum absolute atomic E-state index is 0.0500. The molecule has 1 aliphatic rings. The van der Waals surface area contributed by atoms with E-state index in [-0.39, 0.29) is 11.9 Å². The van der Waals surface area contributed by atoms with Crippen LogP contribution in [0.15, 0.2) is 6.20 Å². The summed E-state index contributed by atoms with van der Waals surface area (Å²) in [5, 5.41) is 6.91. The molecular weight excluding hydrogens is 200 g/mol. The lowest BCUT2D eigenvalue weighted by molar-refractivity contribution is 0.0660. The number of carbonyl (C=O) groups excluding carboxylic acids is 1. The molecule has 0 saturated carbocycles. The molecule has 1 unspecified atom stereocenters. The van der Waals surface area contributed by atoms with E-state index < -0.39 is 0 Å². The molecule has 0 bridgehead atoms. The maximum absolute atomic E-state index is 11.9. The van der Waals surface area contributed by atoms with Gasteiger partial charge in [-0.15, -0.1) is 5.10 Å². The average molecular weight is 212 g/mol. The third-order valence-corrected chi connectivity index (χ3v) is 2.99. The van der Waals surface area contributed by atoms with E-state index in [0.717, 1.165) is 31.2 Å². The first kappa shape index (κ1) is 9.54. The molecule has 0 spiro atoms. The molecule has 0 aliphatic carbocycles. The maximum atomic E-state index is 11.9. The van der Waals surface area contributed by atoms with Gasteiger partial charge in [0.05, 0.1) is 6.20 Å². The van der Waals surface area contributed by atoms with Crippen LogP contribution >= 0.6 is 11.5 Å². The fraction of sp³-hybridized carbons (Fsp3) is 0.625. The summed E-state index contributed by atoms with van der Waals surface area (Å²) >= 11 is 1.15. The standard InChI is InChI=1S/C8H12N4OS/c1-6-4-9-2-3-12(6)8(13)7-5-10-11-14-7/h5-6,9H,2-4H2,1H3. The minimum Gasteiger partial charge on any atom is -0.333 e. The van der Waals surface area contributed by atoms with Crippen LogP contribution in [-0.2, 0) is 0 Å². The van der Waals surface area contributed by atoms with Crippen LogP contribution in [0.1, 0.15) is 16.6 Å². The zero-order valence-electron chi connectivity index (χ0n) is 7.93. The normalized spacial score (nSPS) is 22.4. The zero-order valence-corrected chi connectivity index (χ0v) is 8.75. The molecule has 1 atom stereocenters. The van der Waals surface area contributed by atoms with Crippen LogP contribution < -0.4 is 5.32 Å². The van der Waals surface area contributed by atoms with Crippen LogP contribution in [0.4, 0.5) is 0 Å². The highest BCUT2D eigenvalue weighted by molar-refractivity contribution is 7.07. The number of aromatic nitrogens is 2. The van der Waals surface area contributed by atoms with Crippen LogP contribution in [-0.4, -0.2) is 46.1 Å². The second-order valence-corrected chi connectivity index (χ2v) is 4.12. The Balaban J connectivity index is 2.10. The van der Waals surface area contributed by atoms with Gasteiger partial charge in [0, 0.05) is 25.7 Å². The van der Waals surface area contributed by atoms with Crippen LogP contribution in [0.5, 0.6) is 0 Å². The molecule has 1 N–H and O–H groups in total. The van der Waals surface area contributed by atoms with E-state index in [2.05, 4.69) is 14.9 Å². The number of piperazine rings is 1. The Bertz CT molecular complexity index is 313. The van der Waals surface area contributed by atoms with Crippen molar-refractivity contribution >= 4 is 17.4 Å². The fourth-order valence-electron chi connectivity index (χ4n) is 1.55. The van der Waals surface area contributed by atoms with Gasteiger partial charge in [-0.25, -0.2) is 0 Å². The predicted molar refractivity (Wildman–Crippen MR) is 53.3 cm³/mol. The van der Waals surface area contributed by atoms with Gasteiger partial charge in [-0.1, -0.05) is 4.49 Å². The molecule has 0 aromatic carbocycles. The number of nitrogens with zero attached hydrogens (tertiary/aromatic N) is 3. The SMILES string of the molecule is CC1CNCCN1C(=O)c1cnns1. The topological polar surface area (TPSA) is 58.1 Å². The number of carbonyl (C=O) groups is 1. The first-order valence-electron chi connectivity index (χ1n) is 4.58. The largest absolute Gasteiger partial charge is 0.333 e. The molecule has 0 radical (unpaired) electrons. The molecular formula is C8H12N4OS. The minimum atomic E-state index is 0.0500. The lowest BCUT2D eigenvalue weighted by Gasteiger charge is -2.33. The lowest BCUT2D eigenvalue weighted by atomic mass is 10.2. The van der Waals surface area contributed by atoms with E-state index in [1.807, 2.05) is 11.8 Å². The Hall–Kier alpha value is -1.01. The van der Waals surface area contributed by atoms with Crippen LogP contribution in [0, 0.1) is 0 Å². The Kier molecular flexibility index (Phi) is 2.74. The molecule has 1 aliphatic heterocycles. The fourth-order valence-corrected chi connectivity index (χ4v) is 2.02. The van der Waals surface area contributed by atoms with Gasteiger partial charge < -0.3 is 10.2 Å². The van der Waals surface area contributed by atoms with Crippen molar-refractivity contribution in [2.45, 2.75) is 13.0 Å². The molecule has 14 heavy (non-hydrogen) atoms. The first-order valence-corrected chi connectivity index (χ1v) is 5.35. The van der Waals surface area contributed by atoms with Crippen LogP contribution in [0.3, 0.4) is 0 Å². The zero-order chi connectivity index (χ0) is 9.97. The predicted octanol–water partition coefficient (Wildman–Crippen LogP) is -0.0280. The van der Waals surface area contributed by atoms with Crippen molar-refractivity contribution < 1.29 is 4.79 Å². The summed E-state index contributed by atoms with van der Waals surface area (Å²) in [5.74, 6) is 0.0500. The number of hydrogen-bond donors (Lipinski definition) is 1. The number of hydrogen-bond acceptors (Lipinski definition) is 5. The summed E-state index contributed by atoms with van der Waals surface area (Å²) in [6, 6.07) is 0.248. The molecule has 5 nitrogen and oxygen atoms in total. The van der Waals surface area contributed by atoms with Crippen molar-refractivity contribution in [3.05, 3.63) is 11.1 Å². The maximum Gasteiger partial charge on any atom is 0.267 e. The van der Waals surface area contributed by atoms with Crippen molar-refractivity contribution in [2.75, 3.05) is 19.6 Å². The third-order valence-electron chi connectivity index (χ3n) is 2.33. The summed E-state index contributed by atoms with van der Waals surface area (Å²) < 4.78 is 3.69.